The fourth-order valence-electron chi connectivity index (χ4n) is 1.11. The van der Waals surface area contributed by atoms with Gasteiger partial charge in [0.05, 0.1) is 0 Å². The number of ether oxygens (including phenoxy) is 1. The van der Waals surface area contributed by atoms with E-state index in [2.05, 4.69) is 6.58 Å². The van der Waals surface area contributed by atoms with E-state index < -0.39 is 0 Å². The first-order valence-corrected chi connectivity index (χ1v) is 4.05. The van der Waals surface area contributed by atoms with Gasteiger partial charge in [0.1, 0.15) is 5.75 Å². The zero-order valence-corrected chi connectivity index (χ0v) is 7.83. The predicted molar refractivity (Wildman–Crippen MR) is 52.6 cm³/mol. The van der Waals surface area contributed by atoms with E-state index in [1.165, 1.54) is 6.92 Å². The van der Waals surface area contributed by atoms with Crippen LogP contribution in [0.25, 0.3) is 6.08 Å². The number of carbonyl (C=O) groups is 1. The summed E-state index contributed by atoms with van der Waals surface area (Å²) >= 11 is 0. The summed E-state index contributed by atoms with van der Waals surface area (Å²) < 4.78 is 4.92. The van der Waals surface area contributed by atoms with Crippen LogP contribution in [0.4, 0.5) is 0 Å². The van der Waals surface area contributed by atoms with E-state index in [9.17, 15) is 4.79 Å². The molecule has 0 bridgehead atoms. The van der Waals surface area contributed by atoms with Gasteiger partial charge in [0.15, 0.2) is 0 Å². The third-order valence-corrected chi connectivity index (χ3v) is 1.72. The quantitative estimate of drug-likeness (QED) is 0.511. The Bertz CT molecular complexity index is 340. The standard InChI is InChI=1S/C11H12O2/c1-4-10-5-6-11(7-8(10)2)13-9(3)12/h4-7H,1H2,2-3H3. The van der Waals surface area contributed by atoms with Crippen molar-refractivity contribution in [1.82, 2.24) is 0 Å². The molecule has 0 aliphatic carbocycles. The summed E-state index contributed by atoms with van der Waals surface area (Å²) in [7, 11) is 0. The Kier molecular flexibility index (Phi) is 2.85. The Labute approximate surface area is 77.8 Å². The molecule has 0 saturated carbocycles. The van der Waals surface area contributed by atoms with Crippen LogP contribution in [0, 0.1) is 6.92 Å². The van der Waals surface area contributed by atoms with Gasteiger partial charge in [0.25, 0.3) is 0 Å². The number of hydrogen-bond donors (Lipinski definition) is 0. The molecular weight excluding hydrogens is 164 g/mol. The first-order valence-electron chi connectivity index (χ1n) is 4.05. The lowest BCUT2D eigenvalue weighted by Crippen LogP contribution is -2.01. The molecule has 0 saturated heterocycles. The van der Waals surface area contributed by atoms with E-state index in [-0.39, 0.29) is 5.97 Å². The van der Waals surface area contributed by atoms with Crippen LogP contribution in [0.1, 0.15) is 18.1 Å². The highest BCUT2D eigenvalue weighted by Gasteiger charge is 1.99. The Morgan fingerprint density at radius 1 is 1.54 bits per heavy atom. The monoisotopic (exact) mass is 176 g/mol. The number of rotatable bonds is 2. The fraction of sp³-hybridized carbons (Fsp3) is 0.182. The smallest absolute Gasteiger partial charge is 0.308 e. The normalized spacial score (nSPS) is 9.38. The maximum Gasteiger partial charge on any atom is 0.308 e. The average Bonchev–Trinajstić information content (AvgIpc) is 2.03. The van der Waals surface area contributed by atoms with E-state index in [4.69, 9.17) is 4.74 Å². The zero-order valence-electron chi connectivity index (χ0n) is 7.83. The third-order valence-electron chi connectivity index (χ3n) is 1.72. The largest absolute Gasteiger partial charge is 0.427 e. The molecule has 0 aliphatic heterocycles. The molecule has 68 valence electrons. The van der Waals surface area contributed by atoms with Gasteiger partial charge in [-0.1, -0.05) is 18.7 Å². The van der Waals surface area contributed by atoms with Crippen molar-refractivity contribution in [2.75, 3.05) is 0 Å². The van der Waals surface area contributed by atoms with Gasteiger partial charge >= 0.3 is 5.97 Å². The zero-order chi connectivity index (χ0) is 9.84. The number of carbonyl (C=O) groups excluding carboxylic acids is 1. The molecule has 13 heavy (non-hydrogen) atoms. The lowest BCUT2D eigenvalue weighted by atomic mass is 10.1. The van der Waals surface area contributed by atoms with Crippen LogP contribution in [-0.2, 0) is 4.79 Å². The molecule has 0 atom stereocenters. The first kappa shape index (κ1) is 9.52. The van der Waals surface area contributed by atoms with Gasteiger partial charge in [-0.25, -0.2) is 0 Å². The second kappa shape index (κ2) is 3.90. The van der Waals surface area contributed by atoms with Crippen molar-refractivity contribution in [3.63, 3.8) is 0 Å². The molecular formula is C11H12O2. The lowest BCUT2D eigenvalue weighted by molar-refractivity contribution is -0.131. The summed E-state index contributed by atoms with van der Waals surface area (Å²) in [6, 6.07) is 5.45. The van der Waals surface area contributed by atoms with Crippen molar-refractivity contribution in [2.45, 2.75) is 13.8 Å². The Morgan fingerprint density at radius 2 is 2.23 bits per heavy atom. The highest BCUT2D eigenvalue weighted by atomic mass is 16.5. The Morgan fingerprint density at radius 3 is 2.69 bits per heavy atom. The van der Waals surface area contributed by atoms with E-state index in [1.54, 1.807) is 12.1 Å². The van der Waals surface area contributed by atoms with Crippen LogP contribution in [0.15, 0.2) is 24.8 Å². The van der Waals surface area contributed by atoms with E-state index in [1.807, 2.05) is 19.1 Å². The van der Waals surface area contributed by atoms with Gasteiger partial charge in [-0.15, -0.1) is 0 Å². The lowest BCUT2D eigenvalue weighted by Gasteiger charge is -2.04. The second-order valence-corrected chi connectivity index (χ2v) is 2.82. The van der Waals surface area contributed by atoms with E-state index in [0.29, 0.717) is 5.75 Å². The maximum absolute atomic E-state index is 10.6. The van der Waals surface area contributed by atoms with Crippen LogP contribution < -0.4 is 4.74 Å². The highest BCUT2D eigenvalue weighted by Crippen LogP contribution is 2.17. The summed E-state index contributed by atoms with van der Waals surface area (Å²) in [5, 5.41) is 0. The number of esters is 1. The van der Waals surface area contributed by atoms with Gasteiger partial charge in [-0.2, -0.15) is 0 Å². The molecule has 1 rings (SSSR count). The van der Waals surface area contributed by atoms with Crippen molar-refractivity contribution in [3.05, 3.63) is 35.9 Å². The van der Waals surface area contributed by atoms with Crippen molar-refractivity contribution >= 4 is 12.0 Å². The molecule has 2 heteroatoms. The SMILES string of the molecule is C=Cc1ccc(OC(C)=O)cc1C. The highest BCUT2D eigenvalue weighted by molar-refractivity contribution is 5.69. The molecule has 0 unspecified atom stereocenters. The molecule has 0 aromatic heterocycles. The molecule has 0 fully saturated rings. The summed E-state index contributed by atoms with van der Waals surface area (Å²) in [6.07, 6.45) is 1.77. The number of aryl methyl sites for hydroxylation is 1. The van der Waals surface area contributed by atoms with E-state index >= 15 is 0 Å². The summed E-state index contributed by atoms with van der Waals surface area (Å²) in [5.74, 6) is 0.279. The summed E-state index contributed by atoms with van der Waals surface area (Å²) in [4.78, 5) is 10.6. The maximum atomic E-state index is 10.6. The van der Waals surface area contributed by atoms with Crippen LogP contribution in [-0.4, -0.2) is 5.97 Å². The summed E-state index contributed by atoms with van der Waals surface area (Å²) in [5.41, 5.74) is 2.10. The van der Waals surface area contributed by atoms with Gasteiger partial charge in [-0.05, 0) is 30.2 Å². The minimum absolute atomic E-state index is 0.300. The average molecular weight is 176 g/mol. The number of benzene rings is 1. The summed E-state index contributed by atoms with van der Waals surface area (Å²) in [6.45, 7) is 7.01. The van der Waals surface area contributed by atoms with Crippen molar-refractivity contribution in [3.8, 4) is 5.75 Å². The van der Waals surface area contributed by atoms with Crippen LogP contribution in [0.5, 0.6) is 5.75 Å². The van der Waals surface area contributed by atoms with Crippen molar-refractivity contribution < 1.29 is 9.53 Å². The predicted octanol–water partition coefficient (Wildman–Crippen LogP) is 2.56. The molecule has 2 nitrogen and oxygen atoms in total. The second-order valence-electron chi connectivity index (χ2n) is 2.82. The van der Waals surface area contributed by atoms with Crippen LogP contribution in [0.3, 0.4) is 0 Å². The van der Waals surface area contributed by atoms with Gasteiger partial charge in [-0.3, -0.25) is 4.79 Å². The van der Waals surface area contributed by atoms with Gasteiger partial charge < -0.3 is 4.74 Å². The minimum atomic E-state index is -0.300. The third kappa shape index (κ3) is 2.44. The molecule has 1 aromatic carbocycles. The van der Waals surface area contributed by atoms with E-state index in [0.717, 1.165) is 11.1 Å². The van der Waals surface area contributed by atoms with Crippen LogP contribution in [0.2, 0.25) is 0 Å². The number of hydrogen-bond acceptors (Lipinski definition) is 2. The van der Waals surface area contributed by atoms with Crippen molar-refractivity contribution in [1.29, 1.82) is 0 Å². The van der Waals surface area contributed by atoms with Crippen LogP contribution >= 0.6 is 0 Å². The Hall–Kier alpha value is -1.57. The fourth-order valence-corrected chi connectivity index (χ4v) is 1.11. The topological polar surface area (TPSA) is 26.3 Å². The molecule has 0 radical (unpaired) electrons. The molecule has 0 spiro atoms. The first-order chi connectivity index (χ1) is 6.13. The minimum Gasteiger partial charge on any atom is -0.427 e. The van der Waals surface area contributed by atoms with Gasteiger partial charge in [0, 0.05) is 6.92 Å². The van der Waals surface area contributed by atoms with Gasteiger partial charge in [0.2, 0.25) is 0 Å². The molecule has 0 amide bonds. The van der Waals surface area contributed by atoms with Crippen molar-refractivity contribution in [2.24, 2.45) is 0 Å². The molecule has 0 heterocycles. The molecule has 0 N–H and O–H groups in total. The molecule has 1 aromatic rings. The Balaban J connectivity index is 2.95. The molecule has 0 aliphatic rings.